The molecule has 0 amide bonds. The van der Waals surface area contributed by atoms with Gasteiger partial charge >= 0.3 is 5.97 Å². The summed E-state index contributed by atoms with van der Waals surface area (Å²) in [5.41, 5.74) is 0.565. The molecule has 1 aromatic rings. The van der Waals surface area contributed by atoms with Crippen LogP contribution in [0.3, 0.4) is 0 Å². The molecule has 6 heteroatoms. The van der Waals surface area contributed by atoms with Crippen molar-refractivity contribution in [2.45, 2.75) is 64.1 Å². The Balaban J connectivity index is 1.80. The van der Waals surface area contributed by atoms with Gasteiger partial charge in [-0.2, -0.15) is 0 Å². The molecule has 1 aliphatic carbocycles. The maximum Gasteiger partial charge on any atom is 0.353 e. The van der Waals surface area contributed by atoms with Crippen LogP contribution in [0.5, 0.6) is 11.5 Å². The summed E-state index contributed by atoms with van der Waals surface area (Å²) in [6.07, 6.45) is 5.66. The minimum Gasteiger partial charge on any atom is -0.493 e. The average Bonchev–Trinajstić information content (AvgIpc) is 3.32. The van der Waals surface area contributed by atoms with Gasteiger partial charge in [0.1, 0.15) is 0 Å². The highest BCUT2D eigenvalue weighted by Crippen LogP contribution is 2.36. The third kappa shape index (κ3) is 3.64. The van der Waals surface area contributed by atoms with Gasteiger partial charge in [-0.3, -0.25) is 0 Å². The molecule has 1 saturated carbocycles. The van der Waals surface area contributed by atoms with E-state index in [1.54, 1.807) is 14.0 Å². The number of carbonyl (C=O) groups is 1. The zero-order chi connectivity index (χ0) is 18.6. The number of carbonyl (C=O) groups excluding carboxylic acids is 1. The predicted octanol–water partition coefficient (Wildman–Crippen LogP) is 3.85. The van der Waals surface area contributed by atoms with Gasteiger partial charge in [0.25, 0.3) is 0 Å². The van der Waals surface area contributed by atoms with Crippen molar-refractivity contribution < 1.29 is 23.8 Å². The van der Waals surface area contributed by atoms with Gasteiger partial charge in [0, 0.05) is 12.0 Å². The normalized spacial score (nSPS) is 22.7. The molecule has 0 radical (unpaired) electrons. The summed E-state index contributed by atoms with van der Waals surface area (Å²) in [5.74, 6) is 1.05. The molecular formula is C20H27NO5. The second-order valence-electron chi connectivity index (χ2n) is 6.76. The Kier molecular flexibility index (Phi) is 5.69. The number of rotatable bonds is 7. The van der Waals surface area contributed by atoms with Crippen LogP contribution in [-0.2, 0) is 14.4 Å². The molecule has 0 bridgehead atoms. The molecule has 1 aliphatic heterocycles. The van der Waals surface area contributed by atoms with Gasteiger partial charge in [-0.15, -0.1) is 0 Å². The first-order chi connectivity index (χ1) is 12.6. The molecule has 6 nitrogen and oxygen atoms in total. The topological polar surface area (TPSA) is 66.4 Å². The fourth-order valence-corrected chi connectivity index (χ4v) is 3.47. The lowest BCUT2D eigenvalue weighted by atomic mass is 9.91. The Hall–Kier alpha value is -2.24. The lowest BCUT2D eigenvalue weighted by Gasteiger charge is -2.22. The maximum absolute atomic E-state index is 12.3. The monoisotopic (exact) mass is 361 g/mol. The molecule has 1 unspecified atom stereocenters. The minimum atomic E-state index is -1.03. The second kappa shape index (κ2) is 7.98. The molecule has 1 atom stereocenters. The molecule has 3 rings (SSSR count). The number of oxime groups is 1. The van der Waals surface area contributed by atoms with Crippen LogP contribution in [0.25, 0.3) is 0 Å². The lowest BCUT2D eigenvalue weighted by Crippen LogP contribution is -2.40. The van der Waals surface area contributed by atoms with Gasteiger partial charge in [-0.05, 0) is 57.2 Å². The number of hydrogen-bond donors (Lipinski definition) is 0. The minimum absolute atomic E-state index is 0.232. The van der Waals surface area contributed by atoms with E-state index in [1.165, 1.54) is 12.8 Å². The summed E-state index contributed by atoms with van der Waals surface area (Å²) in [4.78, 5) is 17.8. The molecule has 0 aromatic heterocycles. The van der Waals surface area contributed by atoms with E-state index in [0.29, 0.717) is 30.9 Å². The highest BCUT2D eigenvalue weighted by Gasteiger charge is 2.46. The van der Waals surface area contributed by atoms with E-state index in [2.05, 4.69) is 5.16 Å². The Morgan fingerprint density at radius 2 is 2.04 bits per heavy atom. The second-order valence-corrected chi connectivity index (χ2v) is 6.76. The number of methoxy groups -OCH3 is 1. The van der Waals surface area contributed by atoms with Crippen molar-refractivity contribution >= 4 is 11.7 Å². The molecule has 1 heterocycles. The zero-order valence-corrected chi connectivity index (χ0v) is 15.7. The van der Waals surface area contributed by atoms with Gasteiger partial charge in [-0.25, -0.2) is 4.79 Å². The van der Waals surface area contributed by atoms with Gasteiger partial charge in [0.15, 0.2) is 11.5 Å². The SMILES string of the molecule is CCOC(=O)C1(CC)CC(c2ccc(OC)c(OC3CCCC3)c2)=NO1. The quantitative estimate of drug-likeness (QED) is 0.690. The maximum atomic E-state index is 12.3. The van der Waals surface area contributed by atoms with E-state index >= 15 is 0 Å². The molecule has 0 N–H and O–H groups in total. The van der Waals surface area contributed by atoms with Crippen molar-refractivity contribution in [3.63, 3.8) is 0 Å². The van der Waals surface area contributed by atoms with Crippen LogP contribution in [0, 0.1) is 0 Å². The predicted molar refractivity (Wildman–Crippen MR) is 97.8 cm³/mol. The average molecular weight is 361 g/mol. The van der Waals surface area contributed by atoms with Crippen LogP contribution < -0.4 is 9.47 Å². The Morgan fingerprint density at radius 1 is 1.27 bits per heavy atom. The van der Waals surface area contributed by atoms with E-state index in [4.69, 9.17) is 19.0 Å². The van der Waals surface area contributed by atoms with Crippen LogP contribution in [0.1, 0.15) is 57.9 Å². The van der Waals surface area contributed by atoms with E-state index in [9.17, 15) is 4.79 Å². The Bertz CT molecular complexity index is 681. The summed E-state index contributed by atoms with van der Waals surface area (Å²) < 4.78 is 16.8. The Morgan fingerprint density at radius 3 is 2.69 bits per heavy atom. The zero-order valence-electron chi connectivity index (χ0n) is 15.7. The standard InChI is InChI=1S/C20H27NO5/c1-4-20(19(22)24-5-2)13-16(21-26-20)14-10-11-17(23-3)18(12-14)25-15-8-6-7-9-15/h10-12,15H,4-9,13H2,1-3H3. The van der Waals surface area contributed by atoms with Crippen molar-refractivity contribution in [3.05, 3.63) is 23.8 Å². The summed E-state index contributed by atoms with van der Waals surface area (Å²) in [5, 5.41) is 4.18. The third-order valence-electron chi connectivity index (χ3n) is 5.09. The largest absolute Gasteiger partial charge is 0.493 e. The molecule has 1 aromatic carbocycles. The van der Waals surface area contributed by atoms with Crippen molar-refractivity contribution in [2.75, 3.05) is 13.7 Å². The highest BCUT2D eigenvalue weighted by atomic mass is 16.7. The van der Waals surface area contributed by atoms with E-state index < -0.39 is 5.60 Å². The number of ether oxygens (including phenoxy) is 3. The van der Waals surface area contributed by atoms with E-state index in [-0.39, 0.29) is 12.1 Å². The number of hydrogen-bond acceptors (Lipinski definition) is 6. The Labute approximate surface area is 154 Å². The van der Waals surface area contributed by atoms with Crippen molar-refractivity contribution in [1.82, 2.24) is 0 Å². The molecule has 0 spiro atoms. The van der Waals surface area contributed by atoms with E-state index in [0.717, 1.165) is 24.1 Å². The third-order valence-corrected chi connectivity index (χ3v) is 5.09. The van der Waals surface area contributed by atoms with Crippen LogP contribution in [0.15, 0.2) is 23.4 Å². The van der Waals surface area contributed by atoms with Crippen LogP contribution in [0.4, 0.5) is 0 Å². The fraction of sp³-hybridized carbons (Fsp3) is 0.600. The smallest absolute Gasteiger partial charge is 0.353 e. The van der Waals surface area contributed by atoms with Crippen molar-refractivity contribution in [1.29, 1.82) is 0 Å². The lowest BCUT2D eigenvalue weighted by molar-refractivity contribution is -0.169. The van der Waals surface area contributed by atoms with Gasteiger partial charge < -0.3 is 19.0 Å². The van der Waals surface area contributed by atoms with Gasteiger partial charge in [0.2, 0.25) is 5.60 Å². The molecular weight excluding hydrogens is 334 g/mol. The first kappa shape index (κ1) is 18.5. The molecule has 142 valence electrons. The van der Waals surface area contributed by atoms with Crippen LogP contribution in [0.2, 0.25) is 0 Å². The van der Waals surface area contributed by atoms with Crippen molar-refractivity contribution in [2.24, 2.45) is 5.16 Å². The fourth-order valence-electron chi connectivity index (χ4n) is 3.47. The summed E-state index contributed by atoms with van der Waals surface area (Å²) in [6.45, 7) is 4.01. The molecule has 2 aliphatic rings. The molecule has 26 heavy (non-hydrogen) atoms. The number of esters is 1. The summed E-state index contributed by atoms with van der Waals surface area (Å²) in [7, 11) is 1.63. The van der Waals surface area contributed by atoms with Crippen LogP contribution in [-0.4, -0.2) is 37.1 Å². The highest BCUT2D eigenvalue weighted by molar-refractivity contribution is 6.05. The first-order valence-electron chi connectivity index (χ1n) is 9.39. The van der Waals surface area contributed by atoms with Gasteiger partial charge in [-0.1, -0.05) is 12.1 Å². The van der Waals surface area contributed by atoms with Crippen molar-refractivity contribution in [3.8, 4) is 11.5 Å². The number of benzene rings is 1. The first-order valence-corrected chi connectivity index (χ1v) is 9.39. The van der Waals surface area contributed by atoms with Gasteiger partial charge in [0.05, 0.1) is 25.5 Å². The molecule has 0 saturated heterocycles. The summed E-state index contributed by atoms with van der Waals surface area (Å²) >= 11 is 0. The molecule has 1 fully saturated rings. The number of nitrogens with zero attached hydrogens (tertiary/aromatic N) is 1. The van der Waals surface area contributed by atoms with E-state index in [1.807, 2.05) is 25.1 Å². The van der Waals surface area contributed by atoms with Crippen LogP contribution >= 0.6 is 0 Å². The summed E-state index contributed by atoms with van der Waals surface area (Å²) in [6, 6.07) is 5.72.